The van der Waals surface area contributed by atoms with Crippen molar-refractivity contribution in [3.63, 3.8) is 0 Å². The molecule has 0 spiro atoms. The topological polar surface area (TPSA) is 39.2 Å². The zero-order chi connectivity index (χ0) is 16.6. The van der Waals surface area contributed by atoms with Crippen molar-refractivity contribution < 1.29 is 9.53 Å². The molecule has 2 aromatic carbocycles. The van der Waals surface area contributed by atoms with Crippen molar-refractivity contribution in [1.82, 2.24) is 4.98 Å². The highest BCUT2D eigenvalue weighted by atomic mass is 16.5. The molecule has 0 saturated heterocycles. The molecule has 0 aliphatic heterocycles. The van der Waals surface area contributed by atoms with Crippen molar-refractivity contribution in [2.24, 2.45) is 0 Å². The van der Waals surface area contributed by atoms with Crippen LogP contribution in [0.2, 0.25) is 0 Å². The highest BCUT2D eigenvalue weighted by Gasteiger charge is 2.13. The van der Waals surface area contributed by atoms with E-state index in [1.807, 2.05) is 12.1 Å². The Morgan fingerprint density at radius 3 is 2.00 bits per heavy atom. The Hall–Kier alpha value is -2.94. The third-order valence-electron chi connectivity index (χ3n) is 3.96. The average Bonchev–Trinajstić information content (AvgIpc) is 2.67. The third kappa shape index (κ3) is 4.07. The molecule has 0 saturated carbocycles. The van der Waals surface area contributed by atoms with Crippen molar-refractivity contribution in [3.05, 3.63) is 95.8 Å². The maximum atomic E-state index is 10.6. The number of pyridine rings is 1. The summed E-state index contributed by atoms with van der Waals surface area (Å²) in [6.07, 6.45) is 3.18. The number of rotatable bonds is 7. The number of carbonyl (C=O) groups excluding carboxylic acids is 1. The summed E-state index contributed by atoms with van der Waals surface area (Å²) in [6.45, 7) is 0.580. The Morgan fingerprint density at radius 1 is 0.875 bits per heavy atom. The van der Waals surface area contributed by atoms with E-state index in [0.29, 0.717) is 18.1 Å². The standard InChI is InChI=1S/C21H19NO2/c23-16-19-11-12-20(15-22-19)24-14-13-21(17-7-3-1-4-8-17)18-9-5-2-6-10-18/h1-12,15-16,21H,13-14H2. The molecule has 24 heavy (non-hydrogen) atoms. The van der Waals surface area contributed by atoms with Gasteiger partial charge in [0.25, 0.3) is 0 Å². The van der Waals surface area contributed by atoms with E-state index in [9.17, 15) is 4.79 Å². The summed E-state index contributed by atoms with van der Waals surface area (Å²) < 4.78 is 5.80. The van der Waals surface area contributed by atoms with Crippen molar-refractivity contribution in [2.45, 2.75) is 12.3 Å². The maximum absolute atomic E-state index is 10.6. The van der Waals surface area contributed by atoms with Crippen molar-refractivity contribution in [3.8, 4) is 5.75 Å². The van der Waals surface area contributed by atoms with Crippen LogP contribution in [0.25, 0.3) is 0 Å². The van der Waals surface area contributed by atoms with Gasteiger partial charge in [0.05, 0.1) is 12.8 Å². The molecule has 120 valence electrons. The van der Waals surface area contributed by atoms with Gasteiger partial charge in [0.1, 0.15) is 11.4 Å². The summed E-state index contributed by atoms with van der Waals surface area (Å²) in [4.78, 5) is 14.6. The van der Waals surface area contributed by atoms with E-state index in [1.54, 1.807) is 18.3 Å². The molecule has 3 nitrogen and oxygen atoms in total. The molecule has 0 radical (unpaired) electrons. The summed E-state index contributed by atoms with van der Waals surface area (Å²) in [7, 11) is 0. The summed E-state index contributed by atoms with van der Waals surface area (Å²) in [6, 6.07) is 24.4. The molecule has 0 bridgehead atoms. The lowest BCUT2D eigenvalue weighted by Gasteiger charge is -2.18. The summed E-state index contributed by atoms with van der Waals surface area (Å²) in [5.74, 6) is 0.968. The Morgan fingerprint density at radius 2 is 1.50 bits per heavy atom. The molecule has 3 rings (SSSR count). The molecule has 0 fully saturated rings. The average molecular weight is 317 g/mol. The first-order valence-corrected chi connectivity index (χ1v) is 8.01. The fraction of sp³-hybridized carbons (Fsp3) is 0.143. The fourth-order valence-electron chi connectivity index (χ4n) is 2.74. The van der Waals surface area contributed by atoms with Crippen molar-refractivity contribution in [2.75, 3.05) is 6.61 Å². The molecule has 3 aromatic rings. The molecule has 3 heteroatoms. The first-order chi connectivity index (χ1) is 11.9. The largest absolute Gasteiger partial charge is 0.492 e. The van der Waals surface area contributed by atoms with E-state index in [4.69, 9.17) is 4.74 Å². The zero-order valence-corrected chi connectivity index (χ0v) is 13.3. The first kappa shape index (κ1) is 15.9. The van der Waals surface area contributed by atoms with Gasteiger partial charge in [-0.05, 0) is 29.7 Å². The van der Waals surface area contributed by atoms with Gasteiger partial charge in [-0.1, -0.05) is 60.7 Å². The second kappa shape index (κ2) is 8.06. The van der Waals surface area contributed by atoms with Crippen LogP contribution in [0.4, 0.5) is 0 Å². The van der Waals surface area contributed by atoms with Gasteiger partial charge >= 0.3 is 0 Å². The van der Waals surface area contributed by atoms with Crippen LogP contribution < -0.4 is 4.74 Å². The molecule has 0 unspecified atom stereocenters. The van der Waals surface area contributed by atoms with E-state index in [-0.39, 0.29) is 5.92 Å². The Labute approximate surface area is 142 Å². The van der Waals surface area contributed by atoms with Gasteiger partial charge < -0.3 is 4.74 Å². The van der Waals surface area contributed by atoms with Gasteiger partial charge in [-0.3, -0.25) is 4.79 Å². The minimum Gasteiger partial charge on any atom is -0.492 e. The minimum absolute atomic E-state index is 0.287. The first-order valence-electron chi connectivity index (χ1n) is 8.01. The van der Waals surface area contributed by atoms with E-state index in [1.165, 1.54) is 11.1 Å². The Kier molecular flexibility index (Phi) is 5.36. The smallest absolute Gasteiger partial charge is 0.168 e. The lowest BCUT2D eigenvalue weighted by atomic mass is 9.89. The van der Waals surface area contributed by atoms with Crippen LogP contribution >= 0.6 is 0 Å². The summed E-state index contributed by atoms with van der Waals surface area (Å²) in [5.41, 5.74) is 2.97. The number of carbonyl (C=O) groups is 1. The number of benzene rings is 2. The van der Waals surface area contributed by atoms with E-state index < -0.39 is 0 Å². The Bertz CT molecular complexity index is 715. The maximum Gasteiger partial charge on any atom is 0.168 e. The van der Waals surface area contributed by atoms with Crippen LogP contribution in [-0.2, 0) is 0 Å². The van der Waals surface area contributed by atoms with Crippen LogP contribution in [0.3, 0.4) is 0 Å². The van der Waals surface area contributed by atoms with Gasteiger partial charge in [0.15, 0.2) is 6.29 Å². The van der Waals surface area contributed by atoms with Crippen LogP contribution in [-0.4, -0.2) is 17.9 Å². The van der Waals surface area contributed by atoms with Gasteiger partial charge in [-0.25, -0.2) is 4.98 Å². The molecule has 0 aliphatic carbocycles. The van der Waals surface area contributed by atoms with Gasteiger partial charge in [-0.2, -0.15) is 0 Å². The van der Waals surface area contributed by atoms with Crippen LogP contribution in [0.15, 0.2) is 79.0 Å². The molecule has 1 aromatic heterocycles. The van der Waals surface area contributed by atoms with E-state index in [0.717, 1.165) is 12.7 Å². The molecule has 0 N–H and O–H groups in total. The quantitative estimate of drug-likeness (QED) is 0.602. The van der Waals surface area contributed by atoms with Gasteiger partial charge in [0, 0.05) is 5.92 Å². The molecular formula is C21H19NO2. The SMILES string of the molecule is O=Cc1ccc(OCCC(c2ccccc2)c2ccccc2)cn1. The van der Waals surface area contributed by atoms with Crippen LogP contribution in [0, 0.1) is 0 Å². The van der Waals surface area contributed by atoms with Gasteiger partial charge in [-0.15, -0.1) is 0 Å². The van der Waals surface area contributed by atoms with Crippen LogP contribution in [0.5, 0.6) is 5.75 Å². The molecule has 1 heterocycles. The van der Waals surface area contributed by atoms with E-state index >= 15 is 0 Å². The minimum atomic E-state index is 0.287. The van der Waals surface area contributed by atoms with E-state index in [2.05, 4.69) is 53.5 Å². The highest BCUT2D eigenvalue weighted by Crippen LogP contribution is 2.28. The molecule has 0 amide bonds. The molecule has 0 aliphatic rings. The second-order valence-corrected chi connectivity index (χ2v) is 5.55. The summed E-state index contributed by atoms with van der Waals surface area (Å²) >= 11 is 0. The second-order valence-electron chi connectivity index (χ2n) is 5.55. The van der Waals surface area contributed by atoms with Crippen molar-refractivity contribution in [1.29, 1.82) is 0 Å². The third-order valence-corrected chi connectivity index (χ3v) is 3.96. The van der Waals surface area contributed by atoms with Gasteiger partial charge in [0.2, 0.25) is 0 Å². The number of hydrogen-bond donors (Lipinski definition) is 0. The number of ether oxygens (including phenoxy) is 1. The lowest BCUT2D eigenvalue weighted by molar-refractivity contribution is 0.111. The number of nitrogens with zero attached hydrogens (tertiary/aromatic N) is 1. The molecule has 0 atom stereocenters. The monoisotopic (exact) mass is 317 g/mol. The van der Waals surface area contributed by atoms with Crippen LogP contribution in [0.1, 0.15) is 34.0 Å². The number of aromatic nitrogens is 1. The fourth-order valence-corrected chi connectivity index (χ4v) is 2.74. The lowest BCUT2D eigenvalue weighted by Crippen LogP contribution is -2.07. The number of hydrogen-bond acceptors (Lipinski definition) is 3. The number of aldehydes is 1. The van der Waals surface area contributed by atoms with Crippen molar-refractivity contribution >= 4 is 6.29 Å². The molecular weight excluding hydrogens is 298 g/mol. The predicted octanol–water partition coefficient (Wildman–Crippen LogP) is 4.50. The summed E-state index contributed by atoms with van der Waals surface area (Å²) in [5, 5.41) is 0. The normalized spacial score (nSPS) is 10.5. The Balaban J connectivity index is 1.69. The zero-order valence-electron chi connectivity index (χ0n) is 13.3. The highest BCUT2D eigenvalue weighted by molar-refractivity contribution is 5.71. The predicted molar refractivity (Wildman–Crippen MR) is 94.5 cm³/mol.